The molecule has 9 nitrogen and oxygen atoms in total. The minimum Gasteiger partial charge on any atom is -0.453 e. The summed E-state index contributed by atoms with van der Waals surface area (Å²) in [5.41, 5.74) is 0.209. The summed E-state index contributed by atoms with van der Waals surface area (Å²) in [6.45, 7) is 1.53. The number of rotatable bonds is 4. The Kier molecular flexibility index (Phi) is 5.33. The van der Waals surface area contributed by atoms with Crippen molar-refractivity contribution in [2.24, 2.45) is 0 Å². The lowest BCUT2D eigenvalue weighted by atomic mass is 10.1. The first kappa shape index (κ1) is 21.0. The van der Waals surface area contributed by atoms with Gasteiger partial charge in [-0.05, 0) is 50.9 Å². The minimum absolute atomic E-state index is 0.0776. The van der Waals surface area contributed by atoms with Crippen molar-refractivity contribution >= 4 is 0 Å². The average molecular weight is 459 g/mol. The van der Waals surface area contributed by atoms with E-state index in [-0.39, 0.29) is 23.6 Å². The van der Waals surface area contributed by atoms with E-state index in [0.29, 0.717) is 30.2 Å². The molecular formula is C25H26N6O3. The second-order valence-electron chi connectivity index (χ2n) is 9.07. The van der Waals surface area contributed by atoms with Crippen LogP contribution in [-0.2, 0) is 0 Å². The molecule has 0 bridgehead atoms. The third-order valence-electron chi connectivity index (χ3n) is 6.91. The zero-order valence-corrected chi connectivity index (χ0v) is 18.8. The fraction of sp³-hybridized carbons (Fsp3) is 0.400. The highest BCUT2D eigenvalue weighted by molar-refractivity contribution is 5.62. The van der Waals surface area contributed by atoms with Crippen LogP contribution in [0.1, 0.15) is 50.6 Å². The van der Waals surface area contributed by atoms with Crippen LogP contribution in [0, 0.1) is 0 Å². The van der Waals surface area contributed by atoms with Gasteiger partial charge in [-0.2, -0.15) is 4.98 Å². The Balaban J connectivity index is 1.52. The molecule has 9 heteroatoms. The van der Waals surface area contributed by atoms with Crippen molar-refractivity contribution in [3.63, 3.8) is 0 Å². The van der Waals surface area contributed by atoms with Gasteiger partial charge in [-0.15, -0.1) is 5.10 Å². The van der Waals surface area contributed by atoms with Crippen molar-refractivity contribution in [1.29, 1.82) is 0 Å². The first-order chi connectivity index (χ1) is 16.7. The maximum absolute atomic E-state index is 13.6. The quantitative estimate of drug-likeness (QED) is 0.500. The van der Waals surface area contributed by atoms with Gasteiger partial charge in [0.15, 0.2) is 17.3 Å². The second kappa shape index (κ2) is 8.64. The number of aromatic nitrogens is 5. The molecule has 1 aromatic heterocycles. The van der Waals surface area contributed by atoms with Gasteiger partial charge in [0.05, 0.1) is 6.04 Å². The average Bonchev–Trinajstić information content (AvgIpc) is 3.58. The van der Waals surface area contributed by atoms with Crippen molar-refractivity contribution in [2.75, 3.05) is 13.1 Å². The lowest BCUT2D eigenvalue weighted by Gasteiger charge is -2.25. The molecular weight excluding hydrogens is 432 g/mol. The van der Waals surface area contributed by atoms with Gasteiger partial charge < -0.3 is 9.73 Å². The molecule has 0 spiro atoms. The van der Waals surface area contributed by atoms with E-state index in [4.69, 9.17) is 9.52 Å². The van der Waals surface area contributed by atoms with Gasteiger partial charge in [0.2, 0.25) is 5.82 Å². The van der Waals surface area contributed by atoms with E-state index in [1.54, 1.807) is 4.68 Å². The molecule has 174 valence electrons. The summed E-state index contributed by atoms with van der Waals surface area (Å²) < 4.78 is 9.12. The zero-order chi connectivity index (χ0) is 23.1. The molecule has 3 aliphatic heterocycles. The molecule has 0 radical (unpaired) electrons. The van der Waals surface area contributed by atoms with Crippen molar-refractivity contribution in [2.45, 2.75) is 50.6 Å². The van der Waals surface area contributed by atoms with Crippen molar-refractivity contribution in [1.82, 2.24) is 29.6 Å². The maximum Gasteiger partial charge on any atom is 0.352 e. The minimum atomic E-state index is -0.517. The SMILES string of the molecule is O=c1nc2n(C3CCCC3)nc(-c3ccc(-c4ccccc4)o3)nc-2c(=O)n1C1CCNCC1. The number of furan rings is 1. The van der Waals surface area contributed by atoms with Gasteiger partial charge in [0.25, 0.3) is 5.56 Å². The molecule has 0 unspecified atom stereocenters. The number of hydrogen-bond acceptors (Lipinski definition) is 7. The van der Waals surface area contributed by atoms with Crippen molar-refractivity contribution < 1.29 is 4.42 Å². The Hall–Kier alpha value is -3.59. The monoisotopic (exact) mass is 458 g/mol. The Labute approximate surface area is 195 Å². The molecule has 34 heavy (non-hydrogen) atoms. The van der Waals surface area contributed by atoms with E-state index in [9.17, 15) is 9.59 Å². The topological polar surface area (TPSA) is 108 Å². The number of fused-ring (bicyclic) bond motifs is 1. The number of hydrogen-bond donors (Lipinski definition) is 1. The summed E-state index contributed by atoms with van der Waals surface area (Å²) in [5, 5.41) is 8.01. The van der Waals surface area contributed by atoms with Gasteiger partial charge in [-0.25, -0.2) is 14.5 Å². The smallest absolute Gasteiger partial charge is 0.352 e. The van der Waals surface area contributed by atoms with Crippen LogP contribution in [0.3, 0.4) is 0 Å². The number of nitrogens with one attached hydrogen (secondary N) is 1. The molecule has 4 heterocycles. The van der Waals surface area contributed by atoms with Gasteiger partial charge in [-0.3, -0.25) is 9.36 Å². The number of benzene rings is 1. The van der Waals surface area contributed by atoms with Crippen molar-refractivity contribution in [3.05, 3.63) is 63.3 Å². The standard InChI is InChI=1S/C25H26N6O3/c32-24-21-23(28-25(33)30(24)17-12-14-26-15-13-17)31(18-8-4-5-9-18)29-22(27-21)20-11-10-19(34-20)16-6-2-1-3-7-16/h1-3,6-7,10-11,17-18,26H,4-5,8-9,12-15H2. The summed E-state index contributed by atoms with van der Waals surface area (Å²) >= 11 is 0. The molecule has 1 aliphatic carbocycles. The summed E-state index contributed by atoms with van der Waals surface area (Å²) in [7, 11) is 0. The van der Waals surface area contributed by atoms with E-state index in [1.807, 2.05) is 42.5 Å². The summed E-state index contributed by atoms with van der Waals surface area (Å²) in [6.07, 6.45) is 5.43. The van der Waals surface area contributed by atoms with E-state index >= 15 is 0 Å². The van der Waals surface area contributed by atoms with Crippen LogP contribution in [0.5, 0.6) is 0 Å². The van der Waals surface area contributed by atoms with E-state index < -0.39 is 11.2 Å². The first-order valence-electron chi connectivity index (χ1n) is 12.0. The molecule has 6 rings (SSSR count). The Morgan fingerprint density at radius 2 is 1.59 bits per heavy atom. The third kappa shape index (κ3) is 3.66. The second-order valence-corrected chi connectivity index (χ2v) is 9.07. The molecule has 1 saturated carbocycles. The van der Waals surface area contributed by atoms with E-state index in [0.717, 1.165) is 44.3 Å². The van der Waals surface area contributed by atoms with Gasteiger partial charge in [0, 0.05) is 11.6 Å². The molecule has 1 N–H and O–H groups in total. The largest absolute Gasteiger partial charge is 0.453 e. The molecule has 0 amide bonds. The molecule has 1 aromatic carbocycles. The molecule has 4 aliphatic rings. The van der Waals surface area contributed by atoms with Crippen LogP contribution in [-0.4, -0.2) is 37.4 Å². The highest BCUT2D eigenvalue weighted by Crippen LogP contribution is 2.33. The van der Waals surface area contributed by atoms with E-state index in [1.165, 1.54) is 4.57 Å². The van der Waals surface area contributed by atoms with E-state index in [2.05, 4.69) is 15.3 Å². The number of piperidine rings is 1. The predicted octanol–water partition coefficient (Wildman–Crippen LogP) is 3.27. The third-order valence-corrected chi connectivity index (χ3v) is 6.91. The summed E-state index contributed by atoms with van der Waals surface area (Å²) in [6, 6.07) is 13.4. The molecule has 0 atom stereocenters. The normalized spacial score (nSPS) is 17.5. The lowest BCUT2D eigenvalue weighted by molar-refractivity contribution is 0.348. The Bertz CT molecular complexity index is 1390. The van der Waals surface area contributed by atoms with Crippen LogP contribution in [0.4, 0.5) is 0 Å². The Morgan fingerprint density at radius 3 is 2.35 bits per heavy atom. The highest BCUT2D eigenvalue weighted by Gasteiger charge is 2.30. The molecule has 2 fully saturated rings. The van der Waals surface area contributed by atoms with Gasteiger partial charge in [0.1, 0.15) is 5.76 Å². The summed E-state index contributed by atoms with van der Waals surface area (Å²) in [5.74, 6) is 1.78. The van der Waals surface area contributed by atoms with Gasteiger partial charge >= 0.3 is 5.69 Å². The molecule has 1 saturated heterocycles. The highest BCUT2D eigenvalue weighted by atomic mass is 16.3. The Morgan fingerprint density at radius 1 is 0.853 bits per heavy atom. The van der Waals surface area contributed by atoms with Crippen LogP contribution in [0.25, 0.3) is 34.4 Å². The lowest BCUT2D eigenvalue weighted by Crippen LogP contribution is -2.44. The first-order valence-corrected chi connectivity index (χ1v) is 12.0. The van der Waals surface area contributed by atoms with Gasteiger partial charge in [-0.1, -0.05) is 43.2 Å². The van der Waals surface area contributed by atoms with Crippen LogP contribution >= 0.6 is 0 Å². The fourth-order valence-corrected chi connectivity index (χ4v) is 5.14. The predicted molar refractivity (Wildman–Crippen MR) is 127 cm³/mol. The number of nitrogens with zero attached hydrogens (tertiary/aromatic N) is 5. The maximum atomic E-state index is 13.6. The van der Waals surface area contributed by atoms with Crippen LogP contribution in [0.15, 0.2) is 56.5 Å². The summed E-state index contributed by atoms with van der Waals surface area (Å²) in [4.78, 5) is 35.5. The molecule has 2 aromatic rings. The van der Waals surface area contributed by atoms with Crippen LogP contribution in [0.2, 0.25) is 0 Å². The fourth-order valence-electron chi connectivity index (χ4n) is 5.14. The van der Waals surface area contributed by atoms with Crippen LogP contribution < -0.4 is 16.6 Å². The zero-order valence-electron chi connectivity index (χ0n) is 18.8. The van der Waals surface area contributed by atoms with Crippen molar-refractivity contribution in [3.8, 4) is 34.4 Å².